The second-order valence-corrected chi connectivity index (χ2v) is 6.10. The number of nitrogens with zero attached hydrogens (tertiary/aromatic N) is 1. The number of likely N-dealkylation sites (tertiary alicyclic amines) is 1. The zero-order chi connectivity index (χ0) is 14.2. The van der Waals surface area contributed by atoms with Gasteiger partial charge in [0.25, 0.3) is 0 Å². The lowest BCUT2D eigenvalue weighted by Crippen LogP contribution is -2.55. The van der Waals surface area contributed by atoms with Crippen LogP contribution in [0.1, 0.15) is 33.6 Å². The number of carbonyl (C=O) groups is 2. The van der Waals surface area contributed by atoms with E-state index >= 15 is 0 Å². The Balaban J connectivity index is 2.08. The van der Waals surface area contributed by atoms with Gasteiger partial charge < -0.3 is 19.5 Å². The average Bonchev–Trinajstić information content (AvgIpc) is 2.73. The minimum Gasteiger partial charge on any atom is -0.481 e. The largest absolute Gasteiger partial charge is 0.481 e. The van der Waals surface area contributed by atoms with Crippen LogP contribution < -0.4 is 0 Å². The summed E-state index contributed by atoms with van der Waals surface area (Å²) in [5, 5.41) is 9.18. The molecule has 2 fully saturated rings. The highest BCUT2D eigenvalue weighted by Gasteiger charge is 2.47. The van der Waals surface area contributed by atoms with Crippen LogP contribution >= 0.6 is 0 Å². The molecule has 3 atom stereocenters. The fraction of sp³-hybridized carbons (Fsp3) is 0.846. The van der Waals surface area contributed by atoms with E-state index in [1.807, 2.05) is 20.8 Å². The Morgan fingerprint density at radius 3 is 2.58 bits per heavy atom. The van der Waals surface area contributed by atoms with Crippen molar-refractivity contribution in [1.82, 2.24) is 4.90 Å². The number of carbonyl (C=O) groups excluding carboxylic acids is 1. The first-order valence-corrected chi connectivity index (χ1v) is 6.63. The van der Waals surface area contributed by atoms with E-state index < -0.39 is 23.6 Å². The maximum Gasteiger partial charge on any atom is 0.410 e. The van der Waals surface area contributed by atoms with Gasteiger partial charge in [-0.3, -0.25) is 4.79 Å². The number of hydrogen-bond donors (Lipinski definition) is 1. The number of carboxylic acid groups (broad SMARTS) is 1. The number of fused-ring (bicyclic) bond motifs is 1. The van der Waals surface area contributed by atoms with E-state index in [9.17, 15) is 14.7 Å². The Morgan fingerprint density at radius 1 is 1.32 bits per heavy atom. The molecule has 0 aliphatic carbocycles. The van der Waals surface area contributed by atoms with Crippen LogP contribution in [0.25, 0.3) is 0 Å². The first-order chi connectivity index (χ1) is 8.79. The van der Waals surface area contributed by atoms with Gasteiger partial charge >= 0.3 is 12.1 Å². The van der Waals surface area contributed by atoms with Crippen molar-refractivity contribution in [3.63, 3.8) is 0 Å². The lowest BCUT2D eigenvalue weighted by molar-refractivity contribution is -0.150. The number of aliphatic carboxylic acids is 1. The summed E-state index contributed by atoms with van der Waals surface area (Å²) < 4.78 is 10.9. The fourth-order valence-electron chi connectivity index (χ4n) is 2.74. The highest BCUT2D eigenvalue weighted by atomic mass is 16.6. The summed E-state index contributed by atoms with van der Waals surface area (Å²) in [5.41, 5.74) is -0.546. The molecule has 0 aromatic heterocycles. The maximum absolute atomic E-state index is 12.1. The molecule has 1 N–H and O–H groups in total. The Hall–Kier alpha value is -1.30. The summed E-state index contributed by atoms with van der Waals surface area (Å²) in [7, 11) is 0. The molecule has 1 amide bonds. The SMILES string of the molecule is CC(C)(C)OC(=O)N1CC[C@H](C(=O)O)[C@H]2OCC[C@H]21. The molecule has 6 nitrogen and oxygen atoms in total. The molecule has 0 spiro atoms. The number of rotatable bonds is 1. The van der Waals surface area contributed by atoms with Crippen LogP contribution in [-0.4, -0.2) is 53.0 Å². The topological polar surface area (TPSA) is 76.1 Å². The van der Waals surface area contributed by atoms with Gasteiger partial charge in [-0.05, 0) is 33.6 Å². The van der Waals surface area contributed by atoms with E-state index in [0.717, 1.165) is 0 Å². The molecule has 0 bridgehead atoms. The van der Waals surface area contributed by atoms with E-state index in [-0.39, 0.29) is 12.1 Å². The van der Waals surface area contributed by atoms with Crippen molar-refractivity contribution in [3.05, 3.63) is 0 Å². The first-order valence-electron chi connectivity index (χ1n) is 6.63. The van der Waals surface area contributed by atoms with Crippen LogP contribution in [0.2, 0.25) is 0 Å². The van der Waals surface area contributed by atoms with Crippen molar-refractivity contribution in [3.8, 4) is 0 Å². The third-order valence-corrected chi connectivity index (χ3v) is 3.53. The van der Waals surface area contributed by atoms with Gasteiger partial charge in [-0.1, -0.05) is 0 Å². The van der Waals surface area contributed by atoms with Crippen LogP contribution in [0.4, 0.5) is 4.79 Å². The molecule has 2 saturated heterocycles. The van der Waals surface area contributed by atoms with Crippen molar-refractivity contribution in [1.29, 1.82) is 0 Å². The predicted octanol–water partition coefficient (Wildman–Crippen LogP) is 1.49. The lowest BCUT2D eigenvalue weighted by atomic mass is 9.88. The molecule has 6 heteroatoms. The normalized spacial score (nSPS) is 30.9. The second kappa shape index (κ2) is 5.00. The number of ether oxygens (including phenoxy) is 2. The van der Waals surface area contributed by atoms with Crippen molar-refractivity contribution < 1.29 is 24.2 Å². The standard InChI is InChI=1S/C13H21NO5/c1-13(2,3)19-12(17)14-6-4-8(11(15)16)10-9(14)5-7-18-10/h8-10H,4-7H2,1-3H3,(H,15,16)/t8-,9+,10+/m0/s1. The van der Waals surface area contributed by atoms with Crippen molar-refractivity contribution in [2.75, 3.05) is 13.2 Å². The third-order valence-electron chi connectivity index (χ3n) is 3.53. The maximum atomic E-state index is 12.1. The Morgan fingerprint density at radius 2 is 2.00 bits per heavy atom. The van der Waals surface area contributed by atoms with E-state index in [4.69, 9.17) is 9.47 Å². The Kier molecular flexibility index (Phi) is 3.71. The molecule has 0 unspecified atom stereocenters. The number of carboxylic acids is 1. The number of amides is 1. The van der Waals surface area contributed by atoms with Gasteiger partial charge in [0.1, 0.15) is 5.60 Å². The highest BCUT2D eigenvalue weighted by Crippen LogP contribution is 2.33. The molecule has 2 aliphatic rings. The van der Waals surface area contributed by atoms with Crippen LogP contribution in [0.15, 0.2) is 0 Å². The summed E-state index contributed by atoms with van der Waals surface area (Å²) in [6.45, 7) is 6.36. The van der Waals surface area contributed by atoms with Crippen molar-refractivity contribution in [2.24, 2.45) is 5.92 Å². The number of piperidine rings is 1. The van der Waals surface area contributed by atoms with Gasteiger partial charge in [0.05, 0.1) is 18.1 Å². The Labute approximate surface area is 112 Å². The summed E-state index contributed by atoms with van der Waals surface area (Å²) in [5.74, 6) is -1.37. The molecule has 2 heterocycles. The lowest BCUT2D eigenvalue weighted by Gasteiger charge is -2.40. The summed E-state index contributed by atoms with van der Waals surface area (Å²) in [6, 6.07) is -0.176. The van der Waals surface area contributed by atoms with Crippen LogP contribution in [0.5, 0.6) is 0 Å². The smallest absolute Gasteiger partial charge is 0.410 e. The average molecular weight is 271 g/mol. The van der Waals surface area contributed by atoms with Crippen LogP contribution in [0.3, 0.4) is 0 Å². The Bertz CT molecular complexity index is 376. The van der Waals surface area contributed by atoms with Gasteiger partial charge in [-0.25, -0.2) is 4.79 Å². The summed E-state index contributed by atoms with van der Waals surface area (Å²) >= 11 is 0. The molecule has 19 heavy (non-hydrogen) atoms. The quantitative estimate of drug-likeness (QED) is 0.782. The van der Waals surface area contributed by atoms with Crippen molar-refractivity contribution in [2.45, 2.75) is 51.4 Å². The molecule has 108 valence electrons. The van der Waals surface area contributed by atoms with Crippen molar-refractivity contribution >= 4 is 12.1 Å². The highest BCUT2D eigenvalue weighted by molar-refractivity contribution is 5.73. The summed E-state index contributed by atoms with van der Waals surface area (Å²) in [6.07, 6.45) is 0.305. The fourth-order valence-corrected chi connectivity index (χ4v) is 2.74. The molecule has 2 aliphatic heterocycles. The molecule has 2 rings (SSSR count). The molecular formula is C13H21NO5. The van der Waals surface area contributed by atoms with Crippen LogP contribution in [-0.2, 0) is 14.3 Å². The van der Waals surface area contributed by atoms with E-state index in [1.165, 1.54) is 0 Å². The minimum absolute atomic E-state index is 0.176. The zero-order valence-electron chi connectivity index (χ0n) is 11.6. The van der Waals surface area contributed by atoms with Gasteiger partial charge in [-0.15, -0.1) is 0 Å². The minimum atomic E-state index is -0.847. The van der Waals surface area contributed by atoms with Gasteiger partial charge in [0, 0.05) is 13.2 Å². The molecule has 0 aromatic carbocycles. The summed E-state index contributed by atoms with van der Waals surface area (Å²) in [4.78, 5) is 24.9. The molecular weight excluding hydrogens is 250 g/mol. The third kappa shape index (κ3) is 3.00. The van der Waals surface area contributed by atoms with Gasteiger partial charge in [0.2, 0.25) is 0 Å². The monoisotopic (exact) mass is 271 g/mol. The number of hydrogen-bond acceptors (Lipinski definition) is 4. The van der Waals surface area contributed by atoms with Gasteiger partial charge in [0.15, 0.2) is 0 Å². The van der Waals surface area contributed by atoms with E-state index in [0.29, 0.717) is 26.0 Å². The second-order valence-electron chi connectivity index (χ2n) is 6.10. The van der Waals surface area contributed by atoms with Crippen LogP contribution in [0, 0.1) is 5.92 Å². The van der Waals surface area contributed by atoms with E-state index in [1.54, 1.807) is 4.90 Å². The van der Waals surface area contributed by atoms with E-state index in [2.05, 4.69) is 0 Å². The molecule has 0 radical (unpaired) electrons. The predicted molar refractivity (Wildman–Crippen MR) is 66.8 cm³/mol. The molecule has 0 aromatic rings. The first kappa shape index (κ1) is 14.1. The molecule has 0 saturated carbocycles. The zero-order valence-corrected chi connectivity index (χ0v) is 11.6. The van der Waals surface area contributed by atoms with Gasteiger partial charge in [-0.2, -0.15) is 0 Å².